The number of carbonyl (C=O) groups is 1. The van der Waals surface area contributed by atoms with E-state index in [4.69, 9.17) is 23.7 Å². The SMILES string of the molecule is COc1ccc(C[C@H]2COC(=O)[C@@H]2Cc2ccc(OCc3cn(Cc4ccc(F)cc4)nn3)c(OC)c2)cc1OC. The summed E-state index contributed by atoms with van der Waals surface area (Å²) in [6.45, 7) is 1.04. The van der Waals surface area contributed by atoms with Crippen molar-refractivity contribution < 1.29 is 32.9 Å². The van der Waals surface area contributed by atoms with Gasteiger partial charge in [0, 0.05) is 5.92 Å². The number of esters is 1. The first-order valence-electron chi connectivity index (χ1n) is 13.3. The number of halogens is 1. The average Bonchev–Trinajstić information content (AvgIpc) is 3.59. The number of nitrogens with zero attached hydrogens (tertiary/aromatic N) is 3. The third kappa shape index (κ3) is 6.77. The zero-order valence-corrected chi connectivity index (χ0v) is 23.2. The molecule has 0 saturated carbocycles. The highest BCUT2D eigenvalue weighted by atomic mass is 19.1. The minimum atomic E-state index is -0.282. The number of hydrogen-bond donors (Lipinski definition) is 0. The number of ether oxygens (including phenoxy) is 5. The second-order valence-electron chi connectivity index (χ2n) is 9.90. The Kier molecular flexibility index (Phi) is 8.67. The van der Waals surface area contributed by atoms with Crippen molar-refractivity contribution in [1.82, 2.24) is 15.0 Å². The predicted molar refractivity (Wildman–Crippen MR) is 148 cm³/mol. The zero-order chi connectivity index (χ0) is 28.8. The molecule has 1 aliphatic rings. The minimum absolute atomic E-state index is 0.0278. The monoisotopic (exact) mass is 561 g/mol. The van der Waals surface area contributed by atoms with Gasteiger partial charge in [0.15, 0.2) is 23.0 Å². The third-order valence-corrected chi connectivity index (χ3v) is 7.16. The van der Waals surface area contributed by atoms with E-state index < -0.39 is 0 Å². The van der Waals surface area contributed by atoms with Crippen LogP contribution in [0.25, 0.3) is 0 Å². The van der Waals surface area contributed by atoms with E-state index in [2.05, 4.69) is 10.3 Å². The number of benzene rings is 3. The molecule has 5 rings (SSSR count). The number of rotatable bonds is 12. The largest absolute Gasteiger partial charge is 0.493 e. The van der Waals surface area contributed by atoms with E-state index in [0.717, 1.165) is 16.7 Å². The van der Waals surface area contributed by atoms with Gasteiger partial charge in [0.2, 0.25) is 0 Å². The molecule has 2 atom stereocenters. The molecule has 10 heteroatoms. The third-order valence-electron chi connectivity index (χ3n) is 7.16. The van der Waals surface area contributed by atoms with Crippen LogP contribution < -0.4 is 18.9 Å². The van der Waals surface area contributed by atoms with Crippen molar-refractivity contribution in [3.05, 3.63) is 95.1 Å². The van der Waals surface area contributed by atoms with Crippen LogP contribution in [0.4, 0.5) is 4.39 Å². The summed E-state index contributed by atoms with van der Waals surface area (Å²) in [6, 6.07) is 17.7. The van der Waals surface area contributed by atoms with Gasteiger partial charge in [-0.25, -0.2) is 9.07 Å². The van der Waals surface area contributed by atoms with Gasteiger partial charge in [0.25, 0.3) is 0 Å². The van der Waals surface area contributed by atoms with Crippen LogP contribution in [-0.2, 0) is 35.5 Å². The zero-order valence-electron chi connectivity index (χ0n) is 23.2. The lowest BCUT2D eigenvalue weighted by Gasteiger charge is -2.17. The Balaban J connectivity index is 1.21. The molecule has 1 aliphatic heterocycles. The summed E-state index contributed by atoms with van der Waals surface area (Å²) in [4.78, 5) is 12.7. The van der Waals surface area contributed by atoms with Gasteiger partial charge in [-0.2, -0.15) is 0 Å². The second kappa shape index (κ2) is 12.7. The first kappa shape index (κ1) is 27.9. The van der Waals surface area contributed by atoms with Gasteiger partial charge in [0.1, 0.15) is 18.1 Å². The summed E-state index contributed by atoms with van der Waals surface area (Å²) in [6.07, 6.45) is 2.98. The van der Waals surface area contributed by atoms with Gasteiger partial charge in [-0.05, 0) is 65.9 Å². The Hall–Kier alpha value is -4.60. The van der Waals surface area contributed by atoms with E-state index in [0.29, 0.717) is 54.7 Å². The Morgan fingerprint density at radius 3 is 2.20 bits per heavy atom. The number of aromatic nitrogens is 3. The van der Waals surface area contributed by atoms with Gasteiger partial charge in [-0.1, -0.05) is 29.5 Å². The number of carbonyl (C=O) groups excluding carboxylic acids is 1. The molecule has 1 saturated heterocycles. The standard InChI is InChI=1S/C31H32FN3O6/c1-37-27-10-6-21(14-29(27)38-2)12-23-18-41-31(36)26(23)13-22-7-11-28(30(15-22)39-3)40-19-25-17-35(34-33-25)16-20-4-8-24(32)9-5-20/h4-11,14-15,17,23,26H,12-13,16,18-19H2,1-3H3/t23-,26+/m0/s1. The molecule has 4 aromatic rings. The topological polar surface area (TPSA) is 93.9 Å². The Morgan fingerprint density at radius 1 is 0.854 bits per heavy atom. The fourth-order valence-corrected chi connectivity index (χ4v) is 4.99. The number of hydrogen-bond acceptors (Lipinski definition) is 8. The molecule has 0 spiro atoms. The molecular weight excluding hydrogens is 529 g/mol. The molecule has 3 aromatic carbocycles. The van der Waals surface area contributed by atoms with Gasteiger partial charge in [-0.3, -0.25) is 4.79 Å². The highest BCUT2D eigenvalue weighted by molar-refractivity contribution is 5.75. The van der Waals surface area contributed by atoms with Crippen LogP contribution in [0.3, 0.4) is 0 Å². The molecule has 2 heterocycles. The summed E-state index contributed by atoms with van der Waals surface area (Å²) >= 11 is 0. The van der Waals surface area contributed by atoms with Crippen molar-refractivity contribution in [2.24, 2.45) is 11.8 Å². The highest BCUT2D eigenvalue weighted by Crippen LogP contribution is 2.35. The van der Waals surface area contributed by atoms with Crippen LogP contribution in [0.15, 0.2) is 66.9 Å². The minimum Gasteiger partial charge on any atom is -0.493 e. The van der Waals surface area contributed by atoms with Gasteiger partial charge >= 0.3 is 5.97 Å². The fourth-order valence-electron chi connectivity index (χ4n) is 4.99. The van der Waals surface area contributed by atoms with E-state index in [9.17, 15) is 9.18 Å². The summed E-state index contributed by atoms with van der Waals surface area (Å²) in [5.74, 6) is 1.70. The molecular formula is C31H32FN3O6. The summed E-state index contributed by atoms with van der Waals surface area (Å²) in [7, 11) is 4.78. The van der Waals surface area contributed by atoms with Crippen LogP contribution in [0.5, 0.6) is 23.0 Å². The summed E-state index contributed by atoms with van der Waals surface area (Å²) < 4.78 is 42.6. The van der Waals surface area contributed by atoms with E-state index in [1.165, 1.54) is 12.1 Å². The number of methoxy groups -OCH3 is 3. The lowest BCUT2D eigenvalue weighted by Crippen LogP contribution is -2.20. The molecule has 1 fully saturated rings. The van der Waals surface area contributed by atoms with Crippen molar-refractivity contribution >= 4 is 5.97 Å². The fraction of sp³-hybridized carbons (Fsp3) is 0.323. The van der Waals surface area contributed by atoms with Crippen molar-refractivity contribution in [2.45, 2.75) is 26.0 Å². The quantitative estimate of drug-likeness (QED) is 0.231. The molecule has 0 aliphatic carbocycles. The maximum atomic E-state index is 13.1. The molecule has 214 valence electrons. The van der Waals surface area contributed by atoms with E-state index in [1.54, 1.807) is 44.3 Å². The lowest BCUT2D eigenvalue weighted by molar-refractivity contribution is -0.141. The van der Waals surface area contributed by atoms with Gasteiger partial charge < -0.3 is 23.7 Å². The van der Waals surface area contributed by atoms with Crippen molar-refractivity contribution in [3.8, 4) is 23.0 Å². The predicted octanol–water partition coefficient (Wildman–Crippen LogP) is 4.64. The van der Waals surface area contributed by atoms with Crippen LogP contribution in [0.1, 0.15) is 22.4 Å². The first-order chi connectivity index (χ1) is 19.9. The smallest absolute Gasteiger partial charge is 0.309 e. The van der Waals surface area contributed by atoms with E-state index >= 15 is 0 Å². The van der Waals surface area contributed by atoms with Gasteiger partial charge in [-0.15, -0.1) is 5.10 Å². The summed E-state index contributed by atoms with van der Waals surface area (Å²) in [5, 5.41) is 8.29. The van der Waals surface area contributed by atoms with Crippen molar-refractivity contribution in [1.29, 1.82) is 0 Å². The molecule has 9 nitrogen and oxygen atoms in total. The van der Waals surface area contributed by atoms with Crippen molar-refractivity contribution in [2.75, 3.05) is 27.9 Å². The first-order valence-corrected chi connectivity index (χ1v) is 13.3. The van der Waals surface area contributed by atoms with Crippen molar-refractivity contribution in [3.63, 3.8) is 0 Å². The maximum Gasteiger partial charge on any atom is 0.309 e. The Bertz CT molecular complexity index is 1490. The Labute approximate surface area is 237 Å². The normalized spacial score (nSPS) is 16.3. The van der Waals surface area contributed by atoms with Gasteiger partial charge in [0.05, 0.1) is 46.6 Å². The molecule has 1 aromatic heterocycles. The summed E-state index contributed by atoms with van der Waals surface area (Å²) in [5.41, 5.74) is 3.55. The molecule has 0 radical (unpaired) electrons. The molecule has 0 bridgehead atoms. The molecule has 41 heavy (non-hydrogen) atoms. The molecule has 0 unspecified atom stereocenters. The highest BCUT2D eigenvalue weighted by Gasteiger charge is 2.37. The van der Waals surface area contributed by atoms with E-state index in [1.807, 2.05) is 36.4 Å². The average molecular weight is 562 g/mol. The molecule has 0 N–H and O–H groups in total. The second-order valence-corrected chi connectivity index (χ2v) is 9.90. The molecule has 0 amide bonds. The Morgan fingerprint density at radius 2 is 1.49 bits per heavy atom. The van der Waals surface area contributed by atoms with Crippen LogP contribution >= 0.6 is 0 Å². The van der Waals surface area contributed by atoms with Crippen LogP contribution in [0, 0.1) is 17.7 Å². The van der Waals surface area contributed by atoms with Crippen LogP contribution in [-0.4, -0.2) is 48.9 Å². The maximum absolute atomic E-state index is 13.1. The number of cyclic esters (lactones) is 1. The van der Waals surface area contributed by atoms with E-state index in [-0.39, 0.29) is 30.2 Å². The van der Waals surface area contributed by atoms with Crippen LogP contribution in [0.2, 0.25) is 0 Å². The lowest BCUT2D eigenvalue weighted by atomic mass is 9.85.